The van der Waals surface area contributed by atoms with Crippen molar-refractivity contribution in [1.29, 1.82) is 0 Å². The van der Waals surface area contributed by atoms with Gasteiger partial charge in [0, 0.05) is 0 Å². The first-order valence-electron chi connectivity index (χ1n) is 8.72. The van der Waals surface area contributed by atoms with Crippen molar-refractivity contribution in [1.82, 2.24) is 0 Å². The molecule has 1 saturated carbocycles. The van der Waals surface area contributed by atoms with Crippen molar-refractivity contribution in [2.24, 2.45) is 11.3 Å². The summed E-state index contributed by atoms with van der Waals surface area (Å²) in [6, 6.07) is 0. The summed E-state index contributed by atoms with van der Waals surface area (Å²) in [4.78, 5) is 0. The first kappa shape index (κ1) is 20.0. The average molecular weight is 293 g/mol. The molecule has 2 aliphatic rings. The monoisotopic (exact) mass is 292 g/mol. The lowest BCUT2D eigenvalue weighted by molar-refractivity contribution is 0.201. The Hall–Kier alpha value is -0.980. The zero-order valence-electron chi connectivity index (χ0n) is 15.2. The highest BCUT2D eigenvalue weighted by Crippen LogP contribution is 2.54. The molecule has 2 rings (SSSR count). The van der Waals surface area contributed by atoms with Crippen molar-refractivity contribution in [3.63, 3.8) is 0 Å². The first-order valence-corrected chi connectivity index (χ1v) is 8.72. The van der Waals surface area contributed by atoms with Crippen LogP contribution in [0.1, 0.15) is 73.1 Å². The number of ether oxygens (including phenoxy) is 1. The molecule has 0 aliphatic heterocycles. The van der Waals surface area contributed by atoms with Crippen LogP contribution < -0.4 is 0 Å². The molecule has 1 nitrogen and oxygen atoms in total. The van der Waals surface area contributed by atoms with Crippen LogP contribution in [-0.2, 0) is 4.74 Å². The van der Waals surface area contributed by atoms with Gasteiger partial charge in [0.1, 0.15) is 5.76 Å². The molecule has 0 heterocycles. The van der Waals surface area contributed by atoms with E-state index in [0.717, 1.165) is 18.1 Å². The molecular weight excluding hydrogens is 256 g/mol. The van der Waals surface area contributed by atoms with Crippen LogP contribution in [0.4, 0.5) is 0 Å². The van der Waals surface area contributed by atoms with Gasteiger partial charge in [-0.05, 0) is 61.0 Å². The third-order valence-electron chi connectivity index (χ3n) is 4.77. The van der Waals surface area contributed by atoms with Crippen LogP contribution >= 0.6 is 0 Å². The second kappa shape index (κ2) is 9.87. The fourth-order valence-electron chi connectivity index (χ4n) is 3.54. The highest BCUT2D eigenvalue weighted by atomic mass is 16.5. The molecule has 0 bridgehead atoms. The van der Waals surface area contributed by atoms with Crippen LogP contribution in [0.5, 0.6) is 0 Å². The fraction of sp³-hybridized carbons (Fsp3) is 0.700. The zero-order valence-corrected chi connectivity index (χ0v) is 15.2. The van der Waals surface area contributed by atoms with Crippen LogP contribution in [0.25, 0.3) is 0 Å². The second-order valence-electron chi connectivity index (χ2n) is 5.69. The van der Waals surface area contributed by atoms with E-state index >= 15 is 0 Å². The smallest absolute Gasteiger partial charge is 0.115 e. The van der Waals surface area contributed by atoms with Crippen molar-refractivity contribution < 1.29 is 4.74 Å². The summed E-state index contributed by atoms with van der Waals surface area (Å²) in [6.45, 7) is 18.4. The predicted molar refractivity (Wildman–Crippen MR) is 95.4 cm³/mol. The quantitative estimate of drug-likeness (QED) is 0.528. The zero-order chi connectivity index (χ0) is 16.5. The fourth-order valence-corrected chi connectivity index (χ4v) is 3.54. The van der Waals surface area contributed by atoms with Gasteiger partial charge in [-0.2, -0.15) is 0 Å². The van der Waals surface area contributed by atoms with Crippen molar-refractivity contribution >= 4 is 0 Å². The summed E-state index contributed by atoms with van der Waals surface area (Å²) in [6.07, 6.45) is 9.77. The van der Waals surface area contributed by atoms with E-state index in [0.29, 0.717) is 5.41 Å². The topological polar surface area (TPSA) is 9.23 Å². The van der Waals surface area contributed by atoms with Gasteiger partial charge in [0.25, 0.3) is 0 Å². The minimum Gasteiger partial charge on any atom is -0.497 e. The van der Waals surface area contributed by atoms with Crippen molar-refractivity contribution in [3.8, 4) is 0 Å². The summed E-state index contributed by atoms with van der Waals surface area (Å²) in [5.74, 6) is 1.73. The standard InChI is InChI=1S/C16H24O.2C2H6/c1-5-15-14(13(3)17-4)8-11-16(15)9-6-12(2)7-10-16;2*1-2/h5,12H,1,3,6-11H2,2,4H3;2*1-2H3. The van der Waals surface area contributed by atoms with Gasteiger partial charge in [0.05, 0.1) is 7.11 Å². The Balaban J connectivity index is 0.000000921. The lowest BCUT2D eigenvalue weighted by Gasteiger charge is -2.38. The van der Waals surface area contributed by atoms with E-state index in [9.17, 15) is 0 Å². The third-order valence-corrected chi connectivity index (χ3v) is 4.77. The third kappa shape index (κ3) is 4.49. The van der Waals surface area contributed by atoms with Gasteiger partial charge in [-0.3, -0.25) is 0 Å². The molecule has 122 valence electrons. The maximum absolute atomic E-state index is 5.32. The van der Waals surface area contributed by atoms with Crippen molar-refractivity contribution in [2.45, 2.75) is 73.1 Å². The van der Waals surface area contributed by atoms with Gasteiger partial charge in [-0.1, -0.05) is 53.9 Å². The first-order chi connectivity index (χ1) is 10.1. The lowest BCUT2D eigenvalue weighted by Crippen LogP contribution is -2.26. The molecular formula is C20H36O. The molecule has 0 amide bonds. The predicted octanol–water partition coefficient (Wildman–Crippen LogP) is 6.67. The molecule has 0 unspecified atom stereocenters. The Morgan fingerprint density at radius 3 is 2.10 bits per heavy atom. The van der Waals surface area contributed by atoms with Crippen LogP contribution in [0.3, 0.4) is 0 Å². The SMILES string of the molecule is C=CC1=C(C(=C)OC)CCC12CCC(C)CC2.CC.CC. The van der Waals surface area contributed by atoms with Crippen LogP contribution in [-0.4, -0.2) is 7.11 Å². The van der Waals surface area contributed by atoms with Crippen LogP contribution in [0.15, 0.2) is 36.1 Å². The van der Waals surface area contributed by atoms with E-state index in [-0.39, 0.29) is 0 Å². The number of rotatable bonds is 3. The Morgan fingerprint density at radius 1 is 1.14 bits per heavy atom. The number of hydrogen-bond acceptors (Lipinski definition) is 1. The molecule has 1 fully saturated rings. The molecule has 21 heavy (non-hydrogen) atoms. The summed E-state index contributed by atoms with van der Waals surface area (Å²) in [7, 11) is 1.71. The van der Waals surface area contributed by atoms with E-state index in [1.807, 2.05) is 27.7 Å². The van der Waals surface area contributed by atoms with E-state index in [1.165, 1.54) is 43.3 Å². The molecule has 2 aliphatic carbocycles. The molecule has 0 aromatic rings. The van der Waals surface area contributed by atoms with Gasteiger partial charge in [-0.25, -0.2) is 0 Å². The minimum atomic E-state index is 0.394. The van der Waals surface area contributed by atoms with E-state index < -0.39 is 0 Å². The number of hydrogen-bond donors (Lipinski definition) is 0. The number of methoxy groups -OCH3 is 1. The van der Waals surface area contributed by atoms with Crippen LogP contribution in [0.2, 0.25) is 0 Å². The molecule has 0 N–H and O–H groups in total. The molecule has 1 spiro atoms. The average Bonchev–Trinajstić information content (AvgIpc) is 2.91. The Morgan fingerprint density at radius 2 is 1.67 bits per heavy atom. The van der Waals surface area contributed by atoms with Crippen LogP contribution in [0, 0.1) is 11.3 Å². The summed E-state index contributed by atoms with van der Waals surface area (Å²) in [5, 5.41) is 0. The van der Waals surface area contributed by atoms with Gasteiger partial charge < -0.3 is 4.74 Å². The molecule has 1 heteroatoms. The van der Waals surface area contributed by atoms with Gasteiger partial charge in [0.15, 0.2) is 0 Å². The van der Waals surface area contributed by atoms with E-state index in [1.54, 1.807) is 7.11 Å². The minimum absolute atomic E-state index is 0.394. The van der Waals surface area contributed by atoms with Gasteiger partial charge in [-0.15, -0.1) is 0 Å². The van der Waals surface area contributed by atoms with Crippen molar-refractivity contribution in [3.05, 3.63) is 36.1 Å². The summed E-state index contributed by atoms with van der Waals surface area (Å²) < 4.78 is 5.32. The molecule has 0 radical (unpaired) electrons. The summed E-state index contributed by atoms with van der Waals surface area (Å²) >= 11 is 0. The van der Waals surface area contributed by atoms with Crippen molar-refractivity contribution in [2.75, 3.05) is 7.11 Å². The Bertz CT molecular complexity index is 354. The van der Waals surface area contributed by atoms with Gasteiger partial charge >= 0.3 is 0 Å². The summed E-state index contributed by atoms with van der Waals surface area (Å²) in [5.41, 5.74) is 3.14. The van der Waals surface area contributed by atoms with E-state index in [4.69, 9.17) is 4.74 Å². The normalized spacial score (nSPS) is 27.2. The maximum atomic E-state index is 5.32. The van der Waals surface area contributed by atoms with E-state index in [2.05, 4.69) is 26.2 Å². The highest BCUT2D eigenvalue weighted by Gasteiger charge is 2.41. The molecule has 0 atom stereocenters. The maximum Gasteiger partial charge on any atom is 0.115 e. The van der Waals surface area contributed by atoms with Gasteiger partial charge in [0.2, 0.25) is 0 Å². The highest BCUT2D eigenvalue weighted by molar-refractivity contribution is 5.44. The Labute approximate surface area is 133 Å². The largest absolute Gasteiger partial charge is 0.497 e. The number of allylic oxidation sites excluding steroid dienone is 3. The molecule has 0 aromatic carbocycles. The molecule has 0 saturated heterocycles. The second-order valence-corrected chi connectivity index (χ2v) is 5.69. The lowest BCUT2D eigenvalue weighted by atomic mass is 9.67. The molecule has 0 aromatic heterocycles. The Kier molecular flexibility index (Phi) is 9.41.